The zero-order valence-electron chi connectivity index (χ0n) is 10.1. The van der Waals surface area contributed by atoms with Crippen molar-refractivity contribution in [1.29, 1.82) is 0 Å². The quantitative estimate of drug-likeness (QED) is 0.621. The van der Waals surface area contributed by atoms with E-state index in [-0.39, 0.29) is 12.0 Å². The van der Waals surface area contributed by atoms with Crippen LogP contribution in [0.3, 0.4) is 0 Å². The Morgan fingerprint density at radius 3 is 2.81 bits per heavy atom. The lowest BCUT2D eigenvalue weighted by atomic mass is 9.95. The first-order valence-corrected chi connectivity index (χ1v) is 5.71. The van der Waals surface area contributed by atoms with Gasteiger partial charge in [-0.05, 0) is 20.8 Å². The minimum Gasteiger partial charge on any atom is -0.444 e. The van der Waals surface area contributed by atoms with Crippen LogP contribution in [-0.2, 0) is 4.74 Å². The van der Waals surface area contributed by atoms with Crippen molar-refractivity contribution in [2.24, 2.45) is 5.92 Å². The number of carbonyl (C=O) groups is 1. The van der Waals surface area contributed by atoms with E-state index in [9.17, 15) is 9.90 Å². The third kappa shape index (κ3) is 2.15. The minimum atomic E-state index is -0.753. The highest BCUT2D eigenvalue weighted by molar-refractivity contribution is 5.69. The molecule has 2 saturated heterocycles. The number of β-amino-alcohol motifs (C(OH)–C–C–N with tert-alkyl or cyclic N) is 1. The van der Waals surface area contributed by atoms with Gasteiger partial charge in [0.05, 0.1) is 6.54 Å². The molecule has 0 radical (unpaired) electrons. The molecule has 5 heteroatoms. The normalized spacial score (nSPS) is 34.0. The van der Waals surface area contributed by atoms with Crippen molar-refractivity contribution in [2.45, 2.75) is 32.0 Å². The van der Waals surface area contributed by atoms with Gasteiger partial charge < -0.3 is 20.1 Å². The molecule has 2 atom stereocenters. The zero-order valence-corrected chi connectivity index (χ0v) is 10.1. The molecule has 0 aromatic carbocycles. The number of nitrogens with one attached hydrogen (secondary N) is 1. The highest BCUT2D eigenvalue weighted by Gasteiger charge is 2.50. The molecule has 0 unspecified atom stereocenters. The van der Waals surface area contributed by atoms with Gasteiger partial charge in [0.2, 0.25) is 0 Å². The lowest BCUT2D eigenvalue weighted by Crippen LogP contribution is -2.42. The molecule has 2 aliphatic rings. The zero-order chi connectivity index (χ0) is 12.0. The molecule has 2 aliphatic heterocycles. The molecule has 16 heavy (non-hydrogen) atoms. The van der Waals surface area contributed by atoms with E-state index in [1.54, 1.807) is 4.90 Å². The van der Waals surface area contributed by atoms with E-state index in [1.165, 1.54) is 0 Å². The number of carbonyl (C=O) groups excluding carboxylic acids is 1. The minimum absolute atomic E-state index is 0.139. The van der Waals surface area contributed by atoms with E-state index in [2.05, 4.69) is 5.32 Å². The van der Waals surface area contributed by atoms with Crippen LogP contribution in [0.5, 0.6) is 0 Å². The number of likely N-dealkylation sites (tertiary alicyclic amines) is 1. The van der Waals surface area contributed by atoms with Crippen molar-refractivity contribution in [3.05, 3.63) is 0 Å². The number of rotatable bonds is 0. The fraction of sp³-hybridized carbons (Fsp3) is 0.909. The van der Waals surface area contributed by atoms with E-state index < -0.39 is 11.2 Å². The second-order valence-electron chi connectivity index (χ2n) is 5.79. The average Bonchev–Trinajstić information content (AvgIpc) is 2.55. The van der Waals surface area contributed by atoms with Gasteiger partial charge in [-0.25, -0.2) is 4.79 Å². The molecule has 2 rings (SSSR count). The van der Waals surface area contributed by atoms with Crippen LogP contribution in [-0.4, -0.2) is 53.5 Å². The number of amides is 1. The topological polar surface area (TPSA) is 61.8 Å². The number of aliphatic hydroxyl groups is 1. The molecule has 0 bridgehead atoms. The standard InChI is InChI=1S/C11H20N2O3/c1-10(2,3)16-9(14)13-5-8-4-12-6-11(8,15)7-13/h8,12,15H,4-7H2,1-3H3/t8-,11-/m1/s1. The van der Waals surface area contributed by atoms with E-state index in [4.69, 9.17) is 4.74 Å². The number of hydrogen-bond donors (Lipinski definition) is 2. The maximum Gasteiger partial charge on any atom is 0.410 e. The van der Waals surface area contributed by atoms with Gasteiger partial charge in [0.15, 0.2) is 0 Å². The smallest absolute Gasteiger partial charge is 0.410 e. The Labute approximate surface area is 95.8 Å². The Balaban J connectivity index is 1.97. The molecular weight excluding hydrogens is 208 g/mol. The van der Waals surface area contributed by atoms with Gasteiger partial charge in [0, 0.05) is 25.6 Å². The van der Waals surface area contributed by atoms with Crippen molar-refractivity contribution in [3.63, 3.8) is 0 Å². The summed E-state index contributed by atoms with van der Waals surface area (Å²) in [6.07, 6.45) is -0.324. The highest BCUT2D eigenvalue weighted by Crippen LogP contribution is 2.31. The van der Waals surface area contributed by atoms with Crippen LogP contribution in [0.4, 0.5) is 4.79 Å². The van der Waals surface area contributed by atoms with Crippen LogP contribution >= 0.6 is 0 Å². The monoisotopic (exact) mass is 228 g/mol. The average molecular weight is 228 g/mol. The number of fused-ring (bicyclic) bond motifs is 1. The molecule has 2 N–H and O–H groups in total. The van der Waals surface area contributed by atoms with E-state index in [1.807, 2.05) is 20.8 Å². The molecule has 5 nitrogen and oxygen atoms in total. The third-order valence-corrected chi connectivity index (χ3v) is 3.14. The van der Waals surface area contributed by atoms with Crippen molar-refractivity contribution in [1.82, 2.24) is 10.2 Å². The molecule has 0 spiro atoms. The van der Waals surface area contributed by atoms with Gasteiger partial charge >= 0.3 is 6.09 Å². The number of hydrogen-bond acceptors (Lipinski definition) is 4. The van der Waals surface area contributed by atoms with Gasteiger partial charge in [-0.1, -0.05) is 0 Å². The third-order valence-electron chi connectivity index (χ3n) is 3.14. The summed E-state index contributed by atoms with van der Waals surface area (Å²) in [4.78, 5) is 13.4. The first-order valence-electron chi connectivity index (χ1n) is 5.71. The summed E-state index contributed by atoms with van der Waals surface area (Å²) >= 11 is 0. The summed E-state index contributed by atoms with van der Waals surface area (Å²) in [5.41, 5.74) is -1.23. The molecule has 92 valence electrons. The van der Waals surface area contributed by atoms with Crippen LogP contribution in [0.1, 0.15) is 20.8 Å². The second kappa shape index (κ2) is 3.60. The summed E-state index contributed by atoms with van der Waals surface area (Å²) in [5.74, 6) is 0.139. The maximum atomic E-state index is 11.8. The Kier molecular flexibility index (Phi) is 2.62. The molecule has 0 saturated carbocycles. The van der Waals surface area contributed by atoms with Crippen LogP contribution in [0.2, 0.25) is 0 Å². The first-order chi connectivity index (χ1) is 7.30. The summed E-state index contributed by atoms with van der Waals surface area (Å²) < 4.78 is 5.29. The summed E-state index contributed by atoms with van der Waals surface area (Å²) in [6, 6.07) is 0. The maximum absolute atomic E-state index is 11.8. The van der Waals surface area contributed by atoms with Gasteiger partial charge in [0.25, 0.3) is 0 Å². The predicted molar refractivity (Wildman–Crippen MR) is 59.1 cm³/mol. The highest BCUT2D eigenvalue weighted by atomic mass is 16.6. The molecule has 2 fully saturated rings. The van der Waals surface area contributed by atoms with E-state index in [0.29, 0.717) is 19.6 Å². The van der Waals surface area contributed by atoms with Crippen LogP contribution < -0.4 is 5.32 Å². The second-order valence-corrected chi connectivity index (χ2v) is 5.79. The molecule has 0 aromatic heterocycles. The first kappa shape index (κ1) is 11.7. The number of nitrogens with zero attached hydrogens (tertiary/aromatic N) is 1. The lowest BCUT2D eigenvalue weighted by Gasteiger charge is -2.25. The lowest BCUT2D eigenvalue weighted by molar-refractivity contribution is 0.0161. The van der Waals surface area contributed by atoms with Crippen molar-refractivity contribution in [3.8, 4) is 0 Å². The summed E-state index contributed by atoms with van der Waals surface area (Å²) in [5, 5.41) is 13.4. The summed E-state index contributed by atoms with van der Waals surface area (Å²) in [6.45, 7) is 7.83. The largest absolute Gasteiger partial charge is 0.444 e. The Morgan fingerprint density at radius 1 is 1.56 bits per heavy atom. The summed E-state index contributed by atoms with van der Waals surface area (Å²) in [7, 11) is 0. The molecule has 2 heterocycles. The van der Waals surface area contributed by atoms with Crippen LogP contribution in [0.15, 0.2) is 0 Å². The van der Waals surface area contributed by atoms with Crippen LogP contribution in [0.25, 0.3) is 0 Å². The fourth-order valence-electron chi connectivity index (χ4n) is 2.34. The molecule has 1 amide bonds. The van der Waals surface area contributed by atoms with E-state index >= 15 is 0 Å². The SMILES string of the molecule is CC(C)(C)OC(=O)N1C[C@H]2CNC[C@@]2(O)C1. The van der Waals surface area contributed by atoms with Crippen LogP contribution in [0, 0.1) is 5.92 Å². The molecule has 0 aliphatic carbocycles. The number of ether oxygens (including phenoxy) is 1. The Morgan fingerprint density at radius 2 is 2.25 bits per heavy atom. The Bertz CT molecular complexity index is 300. The molecule has 0 aromatic rings. The van der Waals surface area contributed by atoms with Gasteiger partial charge in [-0.3, -0.25) is 0 Å². The predicted octanol–water partition coefficient (Wildman–Crippen LogP) is 0.188. The molecular formula is C11H20N2O3. The van der Waals surface area contributed by atoms with Crippen molar-refractivity contribution < 1.29 is 14.6 Å². The van der Waals surface area contributed by atoms with Gasteiger partial charge in [0.1, 0.15) is 11.2 Å². The van der Waals surface area contributed by atoms with Gasteiger partial charge in [-0.15, -0.1) is 0 Å². The van der Waals surface area contributed by atoms with Gasteiger partial charge in [-0.2, -0.15) is 0 Å². The Hall–Kier alpha value is -0.810. The van der Waals surface area contributed by atoms with Crippen molar-refractivity contribution >= 4 is 6.09 Å². The van der Waals surface area contributed by atoms with Crippen molar-refractivity contribution in [2.75, 3.05) is 26.2 Å². The van der Waals surface area contributed by atoms with E-state index in [0.717, 1.165) is 6.54 Å². The fourth-order valence-corrected chi connectivity index (χ4v) is 2.34.